The molecular weight excluding hydrogens is 422 g/mol. The van der Waals surface area contributed by atoms with Crippen LogP contribution in [0.4, 0.5) is 5.69 Å². The Labute approximate surface area is 187 Å². The molecule has 170 valence electrons. The summed E-state index contributed by atoms with van der Waals surface area (Å²) in [4.78, 5) is 33.7. The van der Waals surface area contributed by atoms with Crippen LogP contribution in [0.25, 0.3) is 0 Å². The molecule has 3 rings (SSSR count). The number of nitrogens with zero attached hydrogens (tertiary/aromatic N) is 2. The number of halogens is 1. The second-order valence-electron chi connectivity index (χ2n) is 8.36. The standard InChI is InChI=1S/C22H30ClN3O5/c23-18-14-20(26(29)30)17(15-27)13-21(18)31-12-5-1-2-10-22(28)24-25-11-6-8-16-7-3-4-9-19(16)25/h13-16,19H,1-12H2,(H,24,28). The van der Waals surface area contributed by atoms with Gasteiger partial charge in [0.1, 0.15) is 5.75 Å². The number of nitro groups is 1. The Bertz CT molecular complexity index is 802. The van der Waals surface area contributed by atoms with Gasteiger partial charge in [-0.15, -0.1) is 0 Å². The summed E-state index contributed by atoms with van der Waals surface area (Å²) >= 11 is 6.02. The van der Waals surface area contributed by atoms with E-state index in [2.05, 4.69) is 10.4 Å². The van der Waals surface area contributed by atoms with E-state index in [1.54, 1.807) is 0 Å². The minimum atomic E-state index is -0.650. The van der Waals surface area contributed by atoms with Crippen molar-refractivity contribution in [3.05, 3.63) is 32.8 Å². The van der Waals surface area contributed by atoms with Crippen molar-refractivity contribution in [3.8, 4) is 5.75 Å². The van der Waals surface area contributed by atoms with Crippen LogP contribution in [-0.4, -0.2) is 41.3 Å². The summed E-state index contributed by atoms with van der Waals surface area (Å²) in [5.74, 6) is 1.05. The van der Waals surface area contributed by atoms with E-state index in [9.17, 15) is 19.7 Å². The van der Waals surface area contributed by atoms with Crippen molar-refractivity contribution in [2.24, 2.45) is 5.92 Å². The van der Waals surface area contributed by atoms with Crippen LogP contribution in [0.5, 0.6) is 5.75 Å². The summed E-state index contributed by atoms with van der Waals surface area (Å²) in [5, 5.41) is 13.2. The molecule has 31 heavy (non-hydrogen) atoms. The third kappa shape index (κ3) is 6.40. The number of unbranched alkanes of at least 4 members (excludes halogenated alkanes) is 2. The molecule has 2 atom stereocenters. The summed E-state index contributed by atoms with van der Waals surface area (Å²) in [7, 11) is 0. The molecule has 1 amide bonds. The summed E-state index contributed by atoms with van der Waals surface area (Å²) in [6.45, 7) is 1.30. The van der Waals surface area contributed by atoms with Crippen molar-refractivity contribution in [2.75, 3.05) is 13.2 Å². The van der Waals surface area contributed by atoms with Crippen molar-refractivity contribution in [1.82, 2.24) is 10.4 Å². The molecule has 1 heterocycles. The third-order valence-electron chi connectivity index (χ3n) is 6.22. The summed E-state index contributed by atoms with van der Waals surface area (Å²) in [6, 6.07) is 2.92. The molecule has 1 aromatic rings. The third-order valence-corrected chi connectivity index (χ3v) is 6.52. The van der Waals surface area contributed by atoms with Crippen molar-refractivity contribution in [1.29, 1.82) is 0 Å². The fraction of sp³-hybridized carbons (Fsp3) is 0.636. The van der Waals surface area contributed by atoms with Crippen molar-refractivity contribution in [3.63, 3.8) is 0 Å². The largest absolute Gasteiger partial charge is 0.492 e. The lowest BCUT2D eigenvalue weighted by atomic mass is 9.79. The highest BCUT2D eigenvalue weighted by molar-refractivity contribution is 6.32. The van der Waals surface area contributed by atoms with E-state index in [1.807, 2.05) is 0 Å². The number of nitrogens with one attached hydrogen (secondary N) is 1. The van der Waals surface area contributed by atoms with Gasteiger partial charge in [-0.25, -0.2) is 5.01 Å². The van der Waals surface area contributed by atoms with Gasteiger partial charge in [0.2, 0.25) is 5.91 Å². The van der Waals surface area contributed by atoms with E-state index >= 15 is 0 Å². The first-order valence-electron chi connectivity index (χ1n) is 11.1. The summed E-state index contributed by atoms with van der Waals surface area (Å²) in [5.41, 5.74) is 2.72. The van der Waals surface area contributed by atoms with E-state index in [0.717, 1.165) is 37.8 Å². The number of rotatable bonds is 10. The Hall–Kier alpha value is -2.19. The van der Waals surface area contributed by atoms with Crippen molar-refractivity contribution in [2.45, 2.75) is 70.3 Å². The average molecular weight is 452 g/mol. The molecule has 2 fully saturated rings. The molecule has 2 unspecified atom stereocenters. The number of carbonyl (C=O) groups excluding carboxylic acids is 2. The van der Waals surface area contributed by atoms with Gasteiger partial charge in [0.25, 0.3) is 5.69 Å². The van der Waals surface area contributed by atoms with Gasteiger partial charge in [-0.3, -0.25) is 25.1 Å². The predicted octanol–water partition coefficient (Wildman–Crippen LogP) is 4.69. The maximum absolute atomic E-state index is 12.4. The highest BCUT2D eigenvalue weighted by atomic mass is 35.5. The molecule has 1 aliphatic carbocycles. The molecule has 0 spiro atoms. The normalized spacial score (nSPS) is 21.2. The van der Waals surface area contributed by atoms with Crippen LogP contribution in [0, 0.1) is 16.0 Å². The zero-order chi connectivity index (χ0) is 22.2. The molecule has 1 aliphatic heterocycles. The number of fused-ring (bicyclic) bond motifs is 1. The van der Waals surface area contributed by atoms with Gasteiger partial charge < -0.3 is 4.74 Å². The lowest BCUT2D eigenvalue weighted by Crippen LogP contribution is -2.55. The number of hydrazine groups is 1. The first-order chi connectivity index (χ1) is 15.0. The number of benzene rings is 1. The highest BCUT2D eigenvalue weighted by Gasteiger charge is 2.33. The lowest BCUT2D eigenvalue weighted by Gasteiger charge is -2.43. The van der Waals surface area contributed by atoms with Crippen LogP contribution in [-0.2, 0) is 4.79 Å². The molecule has 2 aliphatic rings. The lowest BCUT2D eigenvalue weighted by molar-refractivity contribution is -0.385. The van der Waals surface area contributed by atoms with Crippen molar-refractivity contribution >= 4 is 29.5 Å². The van der Waals surface area contributed by atoms with E-state index in [0.29, 0.717) is 31.8 Å². The number of piperidine rings is 1. The van der Waals surface area contributed by atoms with Gasteiger partial charge in [-0.1, -0.05) is 24.4 Å². The maximum Gasteiger partial charge on any atom is 0.281 e. The van der Waals surface area contributed by atoms with E-state index in [1.165, 1.54) is 38.2 Å². The SMILES string of the molecule is O=Cc1cc(OCCCCCC(=O)NN2CCCC3CCCCC32)c(Cl)cc1[N+](=O)[O-]. The Kier molecular flexibility index (Phi) is 8.66. The predicted molar refractivity (Wildman–Crippen MR) is 117 cm³/mol. The Morgan fingerprint density at radius 3 is 2.77 bits per heavy atom. The molecular formula is C22H30ClN3O5. The minimum absolute atomic E-state index is 0.0704. The maximum atomic E-state index is 12.4. The highest BCUT2D eigenvalue weighted by Crippen LogP contribution is 2.34. The average Bonchev–Trinajstić information content (AvgIpc) is 2.77. The number of ether oxygens (including phenoxy) is 1. The molecule has 1 N–H and O–H groups in total. The second-order valence-corrected chi connectivity index (χ2v) is 8.77. The van der Waals surface area contributed by atoms with Crippen molar-refractivity contribution < 1.29 is 19.2 Å². The van der Waals surface area contributed by atoms with Crippen LogP contribution in [0.15, 0.2) is 12.1 Å². The molecule has 1 aromatic carbocycles. The minimum Gasteiger partial charge on any atom is -0.492 e. The van der Waals surface area contributed by atoms with Crippen LogP contribution in [0.2, 0.25) is 5.02 Å². The van der Waals surface area contributed by atoms with Gasteiger partial charge in [0.05, 0.1) is 22.1 Å². The van der Waals surface area contributed by atoms with Gasteiger partial charge in [0.15, 0.2) is 6.29 Å². The van der Waals surface area contributed by atoms with Gasteiger partial charge in [-0.05, 0) is 56.9 Å². The van der Waals surface area contributed by atoms with Crippen LogP contribution >= 0.6 is 11.6 Å². The Morgan fingerprint density at radius 1 is 1.23 bits per heavy atom. The van der Waals surface area contributed by atoms with E-state index < -0.39 is 4.92 Å². The van der Waals surface area contributed by atoms with Gasteiger partial charge in [-0.2, -0.15) is 0 Å². The second kappa shape index (κ2) is 11.4. The first-order valence-corrected chi connectivity index (χ1v) is 11.5. The van der Waals surface area contributed by atoms with Crippen LogP contribution < -0.4 is 10.2 Å². The molecule has 0 bridgehead atoms. The molecule has 0 radical (unpaired) electrons. The number of amides is 1. The molecule has 1 saturated carbocycles. The number of carbonyl (C=O) groups is 2. The summed E-state index contributed by atoms with van der Waals surface area (Å²) < 4.78 is 5.58. The number of hydrogen-bond donors (Lipinski definition) is 1. The molecule has 9 heteroatoms. The number of nitro benzene ring substituents is 1. The Morgan fingerprint density at radius 2 is 2.00 bits per heavy atom. The zero-order valence-corrected chi connectivity index (χ0v) is 18.4. The van der Waals surface area contributed by atoms with Crippen LogP contribution in [0.3, 0.4) is 0 Å². The first kappa shape index (κ1) is 23.5. The fourth-order valence-corrected chi connectivity index (χ4v) is 4.86. The topological polar surface area (TPSA) is 102 Å². The van der Waals surface area contributed by atoms with E-state index in [4.69, 9.17) is 16.3 Å². The van der Waals surface area contributed by atoms with Gasteiger partial charge >= 0.3 is 0 Å². The molecule has 0 aromatic heterocycles. The molecule has 1 saturated heterocycles. The smallest absolute Gasteiger partial charge is 0.281 e. The quantitative estimate of drug-likeness (QED) is 0.240. The van der Waals surface area contributed by atoms with Gasteiger partial charge in [0, 0.05) is 25.1 Å². The zero-order valence-electron chi connectivity index (χ0n) is 17.7. The summed E-state index contributed by atoms with van der Waals surface area (Å²) in [6.07, 6.45) is 10.6. The molecule has 8 nitrogen and oxygen atoms in total. The Balaban J connectivity index is 1.35. The van der Waals surface area contributed by atoms with E-state index in [-0.39, 0.29) is 27.9 Å². The monoisotopic (exact) mass is 451 g/mol. The number of aldehydes is 1. The van der Waals surface area contributed by atoms with Crippen LogP contribution in [0.1, 0.15) is 74.6 Å². The fourth-order valence-electron chi connectivity index (χ4n) is 4.65. The number of hydrogen-bond acceptors (Lipinski definition) is 6.